The number of fused-ring (bicyclic) bond motifs is 1. The predicted molar refractivity (Wildman–Crippen MR) is 67.7 cm³/mol. The van der Waals surface area contributed by atoms with Crippen molar-refractivity contribution >= 4 is 10.9 Å². The highest BCUT2D eigenvalue weighted by molar-refractivity contribution is 5.80. The van der Waals surface area contributed by atoms with Gasteiger partial charge in [-0.15, -0.1) is 0 Å². The van der Waals surface area contributed by atoms with Gasteiger partial charge in [-0.05, 0) is 62.6 Å². The Morgan fingerprint density at radius 2 is 1.94 bits per heavy atom. The van der Waals surface area contributed by atoms with Gasteiger partial charge in [-0.1, -0.05) is 0 Å². The molecule has 1 aromatic heterocycles. The van der Waals surface area contributed by atoms with E-state index in [0.29, 0.717) is 6.04 Å². The van der Waals surface area contributed by atoms with Crippen molar-refractivity contribution in [3.05, 3.63) is 36.3 Å². The van der Waals surface area contributed by atoms with Crippen LogP contribution in [0.4, 0.5) is 4.39 Å². The number of nitrogens with zero attached hydrogens (tertiary/aromatic N) is 2. The van der Waals surface area contributed by atoms with Crippen LogP contribution in [0.5, 0.6) is 0 Å². The van der Waals surface area contributed by atoms with Gasteiger partial charge >= 0.3 is 0 Å². The van der Waals surface area contributed by atoms with Crippen LogP contribution >= 0.6 is 0 Å². The first-order valence-electron chi connectivity index (χ1n) is 6.19. The molecule has 0 bridgehead atoms. The van der Waals surface area contributed by atoms with E-state index in [0.717, 1.165) is 36.8 Å². The van der Waals surface area contributed by atoms with Gasteiger partial charge in [0, 0.05) is 12.2 Å². The second-order valence-electron chi connectivity index (χ2n) is 4.96. The second-order valence-corrected chi connectivity index (χ2v) is 4.96. The molecule has 1 aromatic carbocycles. The van der Waals surface area contributed by atoms with Crippen molar-refractivity contribution in [2.45, 2.75) is 18.9 Å². The topological polar surface area (TPSA) is 8.17 Å². The summed E-state index contributed by atoms with van der Waals surface area (Å²) >= 11 is 0. The van der Waals surface area contributed by atoms with Crippen LogP contribution < -0.4 is 0 Å². The number of likely N-dealkylation sites (tertiary alicyclic amines) is 1. The summed E-state index contributed by atoms with van der Waals surface area (Å²) in [5, 5.41) is 1.13. The van der Waals surface area contributed by atoms with Gasteiger partial charge in [0.15, 0.2) is 0 Å². The standard InChI is InChI=1S/C14H17FN2/c1-16-7-5-13(6-8-16)17-9-4-11-2-3-12(15)10-14(11)17/h2-4,9-10,13H,5-8H2,1H3. The molecular formula is C14H17FN2. The molecule has 0 amide bonds. The molecule has 3 heteroatoms. The molecule has 0 N–H and O–H groups in total. The summed E-state index contributed by atoms with van der Waals surface area (Å²) in [4.78, 5) is 2.35. The van der Waals surface area contributed by atoms with Crippen molar-refractivity contribution in [2.24, 2.45) is 0 Å². The Balaban J connectivity index is 1.97. The molecule has 2 nitrogen and oxygen atoms in total. The Morgan fingerprint density at radius 3 is 2.71 bits per heavy atom. The van der Waals surface area contributed by atoms with Crippen molar-refractivity contribution in [3.8, 4) is 0 Å². The van der Waals surface area contributed by atoms with E-state index in [1.54, 1.807) is 6.07 Å². The van der Waals surface area contributed by atoms with Crippen molar-refractivity contribution in [1.82, 2.24) is 9.47 Å². The Hall–Kier alpha value is -1.35. The normalized spacial score (nSPS) is 18.9. The Morgan fingerprint density at radius 1 is 1.18 bits per heavy atom. The van der Waals surface area contributed by atoms with E-state index >= 15 is 0 Å². The fourth-order valence-corrected chi connectivity index (χ4v) is 2.71. The first kappa shape index (κ1) is 10.8. The molecule has 1 fully saturated rings. The van der Waals surface area contributed by atoms with Gasteiger partial charge in [-0.2, -0.15) is 0 Å². The van der Waals surface area contributed by atoms with Crippen LogP contribution in [0.2, 0.25) is 0 Å². The van der Waals surface area contributed by atoms with E-state index in [9.17, 15) is 4.39 Å². The molecule has 2 heterocycles. The number of rotatable bonds is 1. The number of benzene rings is 1. The molecule has 0 saturated carbocycles. The van der Waals surface area contributed by atoms with E-state index in [2.05, 4.69) is 28.8 Å². The first-order valence-corrected chi connectivity index (χ1v) is 6.19. The van der Waals surface area contributed by atoms with Crippen LogP contribution in [0.25, 0.3) is 10.9 Å². The van der Waals surface area contributed by atoms with Crippen molar-refractivity contribution in [3.63, 3.8) is 0 Å². The third kappa shape index (κ3) is 1.95. The number of hydrogen-bond acceptors (Lipinski definition) is 1. The number of aromatic nitrogens is 1. The lowest BCUT2D eigenvalue weighted by Gasteiger charge is -2.30. The smallest absolute Gasteiger partial charge is 0.125 e. The van der Waals surface area contributed by atoms with Crippen LogP contribution in [0, 0.1) is 5.82 Å². The quantitative estimate of drug-likeness (QED) is 0.733. The van der Waals surface area contributed by atoms with Crippen molar-refractivity contribution in [2.75, 3.05) is 20.1 Å². The average Bonchev–Trinajstić information content (AvgIpc) is 2.73. The lowest BCUT2D eigenvalue weighted by atomic mass is 10.1. The summed E-state index contributed by atoms with van der Waals surface area (Å²) in [6, 6.07) is 7.63. The zero-order chi connectivity index (χ0) is 11.8. The molecule has 3 rings (SSSR count). The molecule has 0 aliphatic carbocycles. The zero-order valence-corrected chi connectivity index (χ0v) is 10.1. The molecule has 0 radical (unpaired) electrons. The van der Waals surface area contributed by atoms with Crippen molar-refractivity contribution < 1.29 is 4.39 Å². The maximum atomic E-state index is 13.3. The third-order valence-corrected chi connectivity index (χ3v) is 3.77. The van der Waals surface area contributed by atoms with Gasteiger partial charge in [0.05, 0.1) is 5.52 Å². The van der Waals surface area contributed by atoms with Gasteiger partial charge in [0.1, 0.15) is 5.82 Å². The van der Waals surface area contributed by atoms with E-state index in [1.807, 2.05) is 6.07 Å². The molecule has 0 unspecified atom stereocenters. The molecule has 1 saturated heterocycles. The van der Waals surface area contributed by atoms with Crippen LogP contribution in [0.3, 0.4) is 0 Å². The molecule has 1 aliphatic rings. The molecule has 1 aliphatic heterocycles. The SMILES string of the molecule is CN1CCC(n2ccc3ccc(F)cc32)CC1. The predicted octanol–water partition coefficient (Wildman–Crippen LogP) is 3.05. The fourth-order valence-electron chi connectivity index (χ4n) is 2.71. The molecule has 17 heavy (non-hydrogen) atoms. The van der Waals surface area contributed by atoms with E-state index < -0.39 is 0 Å². The summed E-state index contributed by atoms with van der Waals surface area (Å²) in [5.41, 5.74) is 1.03. The summed E-state index contributed by atoms with van der Waals surface area (Å²) in [6.07, 6.45) is 4.40. The van der Waals surface area contributed by atoms with Gasteiger partial charge in [0.25, 0.3) is 0 Å². The summed E-state index contributed by atoms with van der Waals surface area (Å²) < 4.78 is 15.5. The number of piperidine rings is 1. The van der Waals surface area contributed by atoms with Crippen LogP contribution in [-0.4, -0.2) is 29.6 Å². The Bertz CT molecular complexity index is 524. The summed E-state index contributed by atoms with van der Waals surface area (Å²) in [5.74, 6) is -0.148. The highest BCUT2D eigenvalue weighted by atomic mass is 19.1. The number of hydrogen-bond donors (Lipinski definition) is 0. The largest absolute Gasteiger partial charge is 0.344 e. The van der Waals surface area contributed by atoms with Gasteiger partial charge in [-0.25, -0.2) is 4.39 Å². The summed E-state index contributed by atoms with van der Waals surface area (Å²) in [7, 11) is 2.16. The highest BCUT2D eigenvalue weighted by Gasteiger charge is 2.19. The van der Waals surface area contributed by atoms with Crippen LogP contribution in [0.1, 0.15) is 18.9 Å². The molecule has 2 aromatic rings. The molecule has 0 atom stereocenters. The minimum Gasteiger partial charge on any atom is -0.344 e. The van der Waals surface area contributed by atoms with Gasteiger partial charge < -0.3 is 9.47 Å². The van der Waals surface area contributed by atoms with Crippen LogP contribution in [-0.2, 0) is 0 Å². The Kier molecular flexibility index (Phi) is 2.63. The van der Waals surface area contributed by atoms with Crippen molar-refractivity contribution in [1.29, 1.82) is 0 Å². The lowest BCUT2D eigenvalue weighted by molar-refractivity contribution is 0.224. The van der Waals surface area contributed by atoms with Gasteiger partial charge in [-0.3, -0.25) is 0 Å². The minimum atomic E-state index is -0.148. The average molecular weight is 232 g/mol. The lowest BCUT2D eigenvalue weighted by Crippen LogP contribution is -2.31. The number of halogens is 1. The Labute approximate surface area is 101 Å². The molecule has 90 valence electrons. The third-order valence-electron chi connectivity index (χ3n) is 3.77. The highest BCUT2D eigenvalue weighted by Crippen LogP contribution is 2.27. The monoisotopic (exact) mass is 232 g/mol. The summed E-state index contributed by atoms with van der Waals surface area (Å²) in [6.45, 7) is 2.25. The van der Waals surface area contributed by atoms with Crippen LogP contribution in [0.15, 0.2) is 30.5 Å². The first-order chi connectivity index (χ1) is 8.24. The maximum absolute atomic E-state index is 13.3. The van der Waals surface area contributed by atoms with E-state index in [-0.39, 0.29) is 5.82 Å². The molecular weight excluding hydrogens is 215 g/mol. The maximum Gasteiger partial charge on any atom is 0.125 e. The van der Waals surface area contributed by atoms with Gasteiger partial charge in [0.2, 0.25) is 0 Å². The van der Waals surface area contributed by atoms with E-state index in [1.165, 1.54) is 6.07 Å². The van der Waals surface area contributed by atoms with E-state index in [4.69, 9.17) is 0 Å². The zero-order valence-electron chi connectivity index (χ0n) is 10.1. The minimum absolute atomic E-state index is 0.148. The second kappa shape index (κ2) is 4.15. The fraction of sp³-hybridized carbons (Fsp3) is 0.429. The molecule has 0 spiro atoms.